The fourth-order valence-corrected chi connectivity index (χ4v) is 3.78. The molecule has 0 amide bonds. The molecule has 1 unspecified atom stereocenters. The summed E-state index contributed by atoms with van der Waals surface area (Å²) in [5.74, 6) is -2.48. The Bertz CT molecular complexity index is 503. The minimum atomic E-state index is -0.868. The molecule has 1 spiro atoms. The van der Waals surface area contributed by atoms with Gasteiger partial charge in [-0.05, 0) is 19.3 Å². The second kappa shape index (κ2) is 5.52. The molecule has 5 heteroatoms. The third kappa shape index (κ3) is 2.63. The van der Waals surface area contributed by atoms with Gasteiger partial charge < -0.3 is 10.2 Å². The number of halogens is 3. The van der Waals surface area contributed by atoms with E-state index in [1.165, 1.54) is 0 Å². The van der Waals surface area contributed by atoms with E-state index in [0.29, 0.717) is 13.1 Å². The first kappa shape index (κ1) is 14.7. The van der Waals surface area contributed by atoms with Gasteiger partial charge in [-0.2, -0.15) is 0 Å². The van der Waals surface area contributed by atoms with Crippen molar-refractivity contribution in [3.8, 4) is 0 Å². The number of rotatable bonds is 2. The van der Waals surface area contributed by atoms with E-state index in [0.717, 1.165) is 44.2 Å². The van der Waals surface area contributed by atoms with E-state index in [2.05, 4.69) is 5.32 Å². The van der Waals surface area contributed by atoms with Gasteiger partial charge in [0.1, 0.15) is 11.5 Å². The molecule has 2 nitrogen and oxygen atoms in total. The molecular formula is C16H21F3N2. The molecule has 0 bridgehead atoms. The topological polar surface area (TPSA) is 15.3 Å². The summed E-state index contributed by atoms with van der Waals surface area (Å²) in [6.45, 7) is 3.31. The highest BCUT2D eigenvalue weighted by molar-refractivity contribution is 5.51. The standard InChI is InChI=1S/C16H21F3N2/c1-2-12-9-20-16(5-3-4-6-16)10-21(12)15-13(18)7-11(17)8-14(15)19/h7-8,12,20H,2-6,9-10H2,1H3. The number of hydrogen-bond donors (Lipinski definition) is 1. The summed E-state index contributed by atoms with van der Waals surface area (Å²) in [6.07, 6.45) is 5.14. The van der Waals surface area contributed by atoms with Crippen LogP contribution in [0.5, 0.6) is 0 Å². The summed E-state index contributed by atoms with van der Waals surface area (Å²) in [7, 11) is 0. The largest absolute Gasteiger partial charge is 0.361 e. The predicted molar refractivity (Wildman–Crippen MR) is 76.9 cm³/mol. The molecule has 1 N–H and O–H groups in total. The van der Waals surface area contributed by atoms with E-state index >= 15 is 0 Å². The van der Waals surface area contributed by atoms with Crippen LogP contribution in [0.4, 0.5) is 18.9 Å². The van der Waals surface area contributed by atoms with E-state index < -0.39 is 17.5 Å². The predicted octanol–water partition coefficient (Wildman–Crippen LogP) is 3.60. The van der Waals surface area contributed by atoms with Crippen molar-refractivity contribution in [2.45, 2.75) is 50.6 Å². The number of benzene rings is 1. The first-order valence-corrected chi connectivity index (χ1v) is 7.71. The van der Waals surface area contributed by atoms with Crippen LogP contribution >= 0.6 is 0 Å². The SMILES string of the molecule is CCC1CNC2(CCCC2)CN1c1c(F)cc(F)cc1F. The average Bonchev–Trinajstić information content (AvgIpc) is 2.86. The van der Waals surface area contributed by atoms with Crippen molar-refractivity contribution in [3.63, 3.8) is 0 Å². The zero-order valence-corrected chi connectivity index (χ0v) is 12.3. The Morgan fingerprint density at radius 2 is 1.81 bits per heavy atom. The molecule has 0 radical (unpaired) electrons. The lowest BCUT2D eigenvalue weighted by molar-refractivity contribution is 0.264. The van der Waals surface area contributed by atoms with Crippen LogP contribution in [-0.4, -0.2) is 24.7 Å². The lowest BCUT2D eigenvalue weighted by atomic mass is 9.91. The lowest BCUT2D eigenvalue weighted by Gasteiger charge is -2.47. The molecule has 1 saturated carbocycles. The van der Waals surface area contributed by atoms with Crippen molar-refractivity contribution < 1.29 is 13.2 Å². The Labute approximate surface area is 123 Å². The quantitative estimate of drug-likeness (QED) is 0.897. The summed E-state index contributed by atoms with van der Waals surface area (Å²) < 4.78 is 41.4. The molecular weight excluding hydrogens is 277 g/mol. The van der Waals surface area contributed by atoms with Crippen LogP contribution in [0.3, 0.4) is 0 Å². The van der Waals surface area contributed by atoms with Gasteiger partial charge in [-0.3, -0.25) is 0 Å². The number of piperazine rings is 1. The molecule has 21 heavy (non-hydrogen) atoms. The zero-order chi connectivity index (χ0) is 15.0. The van der Waals surface area contributed by atoms with Crippen LogP contribution in [0.15, 0.2) is 12.1 Å². The highest BCUT2D eigenvalue weighted by Crippen LogP contribution is 2.37. The van der Waals surface area contributed by atoms with Gasteiger partial charge in [0.05, 0.1) is 0 Å². The van der Waals surface area contributed by atoms with E-state index in [4.69, 9.17) is 0 Å². The van der Waals surface area contributed by atoms with Gasteiger partial charge >= 0.3 is 0 Å². The summed E-state index contributed by atoms with van der Waals surface area (Å²) in [4.78, 5) is 1.81. The van der Waals surface area contributed by atoms with E-state index in [1.54, 1.807) is 0 Å². The molecule has 3 rings (SSSR count). The Morgan fingerprint density at radius 3 is 2.38 bits per heavy atom. The van der Waals surface area contributed by atoms with Crippen LogP contribution in [0.25, 0.3) is 0 Å². The molecule has 2 aliphatic rings. The fraction of sp³-hybridized carbons (Fsp3) is 0.625. The summed E-state index contributed by atoms with van der Waals surface area (Å²) in [5.41, 5.74) is -0.116. The average molecular weight is 298 g/mol. The second-order valence-electron chi connectivity index (χ2n) is 6.28. The third-order valence-electron chi connectivity index (χ3n) is 4.93. The van der Waals surface area contributed by atoms with Crippen molar-refractivity contribution in [1.82, 2.24) is 5.32 Å². The van der Waals surface area contributed by atoms with E-state index in [-0.39, 0.29) is 17.3 Å². The molecule has 2 fully saturated rings. The minimum Gasteiger partial charge on any atom is -0.361 e. The molecule has 1 atom stereocenters. The maximum absolute atomic E-state index is 14.1. The van der Waals surface area contributed by atoms with Gasteiger partial charge in [0.25, 0.3) is 0 Å². The van der Waals surface area contributed by atoms with E-state index in [1.807, 2.05) is 11.8 Å². The van der Waals surface area contributed by atoms with Gasteiger partial charge in [-0.15, -0.1) is 0 Å². The molecule has 1 heterocycles. The second-order valence-corrected chi connectivity index (χ2v) is 6.28. The first-order chi connectivity index (χ1) is 10.0. The Hall–Kier alpha value is -1.23. The van der Waals surface area contributed by atoms with Gasteiger partial charge in [0.15, 0.2) is 11.6 Å². The van der Waals surface area contributed by atoms with Crippen LogP contribution in [0, 0.1) is 17.5 Å². The van der Waals surface area contributed by atoms with Crippen molar-refractivity contribution in [3.05, 3.63) is 29.6 Å². The van der Waals surface area contributed by atoms with Crippen molar-refractivity contribution in [2.24, 2.45) is 0 Å². The molecule has 1 saturated heterocycles. The van der Waals surface area contributed by atoms with Crippen molar-refractivity contribution in [1.29, 1.82) is 0 Å². The normalized spacial score (nSPS) is 24.8. The summed E-state index contributed by atoms with van der Waals surface area (Å²) in [5, 5.41) is 3.58. The highest BCUT2D eigenvalue weighted by Gasteiger charge is 2.42. The van der Waals surface area contributed by atoms with Gasteiger partial charge in [-0.1, -0.05) is 19.8 Å². The summed E-state index contributed by atoms with van der Waals surface area (Å²) >= 11 is 0. The third-order valence-corrected chi connectivity index (χ3v) is 4.93. The fourth-order valence-electron chi connectivity index (χ4n) is 3.78. The highest BCUT2D eigenvalue weighted by atomic mass is 19.1. The van der Waals surface area contributed by atoms with E-state index in [9.17, 15) is 13.2 Å². The zero-order valence-electron chi connectivity index (χ0n) is 12.3. The maximum atomic E-state index is 14.1. The summed E-state index contributed by atoms with van der Waals surface area (Å²) in [6, 6.07) is 1.58. The van der Waals surface area contributed by atoms with Crippen LogP contribution in [-0.2, 0) is 0 Å². The Balaban J connectivity index is 1.97. The van der Waals surface area contributed by atoms with Crippen LogP contribution in [0.2, 0.25) is 0 Å². The first-order valence-electron chi connectivity index (χ1n) is 7.71. The smallest absolute Gasteiger partial charge is 0.152 e. The Morgan fingerprint density at radius 1 is 1.19 bits per heavy atom. The number of anilines is 1. The van der Waals surface area contributed by atoms with Crippen LogP contribution in [0.1, 0.15) is 39.0 Å². The van der Waals surface area contributed by atoms with Crippen LogP contribution < -0.4 is 10.2 Å². The minimum absolute atomic E-state index is 0.0330. The molecule has 116 valence electrons. The van der Waals surface area contributed by atoms with Crippen molar-refractivity contribution >= 4 is 5.69 Å². The molecule has 1 aliphatic carbocycles. The number of nitrogens with zero attached hydrogens (tertiary/aromatic N) is 1. The Kier molecular flexibility index (Phi) is 3.86. The lowest BCUT2D eigenvalue weighted by Crippen LogP contribution is -2.63. The van der Waals surface area contributed by atoms with Gasteiger partial charge in [0.2, 0.25) is 0 Å². The van der Waals surface area contributed by atoms with Crippen molar-refractivity contribution in [2.75, 3.05) is 18.0 Å². The maximum Gasteiger partial charge on any atom is 0.152 e. The number of hydrogen-bond acceptors (Lipinski definition) is 2. The molecule has 1 aromatic carbocycles. The monoisotopic (exact) mass is 298 g/mol. The van der Waals surface area contributed by atoms with Gasteiger partial charge in [0, 0.05) is 36.8 Å². The molecule has 1 aliphatic heterocycles. The van der Waals surface area contributed by atoms with Gasteiger partial charge in [-0.25, -0.2) is 13.2 Å². The molecule has 0 aromatic heterocycles. The molecule has 1 aromatic rings. The number of nitrogens with one attached hydrogen (secondary N) is 1.